The van der Waals surface area contributed by atoms with Crippen molar-refractivity contribution in [3.8, 4) is 0 Å². The third kappa shape index (κ3) is 3.32. The van der Waals surface area contributed by atoms with E-state index in [0.717, 1.165) is 41.9 Å². The van der Waals surface area contributed by atoms with Crippen molar-refractivity contribution < 1.29 is 13.2 Å². The van der Waals surface area contributed by atoms with Gasteiger partial charge < -0.3 is 4.90 Å². The largest absolute Gasteiger partial charge is 0.332 e. The molecule has 0 radical (unpaired) electrons. The molecule has 2 bridgehead atoms. The molecule has 2 aliphatic rings. The highest BCUT2D eigenvalue weighted by Crippen LogP contribution is 2.43. The minimum Gasteiger partial charge on any atom is -0.332 e. The van der Waals surface area contributed by atoms with E-state index in [9.17, 15) is 13.2 Å². The van der Waals surface area contributed by atoms with Crippen molar-refractivity contribution in [2.75, 3.05) is 6.54 Å². The van der Waals surface area contributed by atoms with Gasteiger partial charge in [0, 0.05) is 43.3 Å². The lowest BCUT2D eigenvalue weighted by Crippen LogP contribution is -2.42. The highest BCUT2D eigenvalue weighted by Gasteiger charge is 2.43. The normalized spacial score (nSPS) is 20.6. The van der Waals surface area contributed by atoms with E-state index in [1.807, 2.05) is 28.6 Å². The molecule has 30 heavy (non-hydrogen) atoms. The predicted octanol–water partition coefficient (Wildman–Crippen LogP) is 2.45. The van der Waals surface area contributed by atoms with Gasteiger partial charge in [-0.1, -0.05) is 6.07 Å². The van der Waals surface area contributed by atoms with Gasteiger partial charge in [0.1, 0.15) is 4.21 Å². The summed E-state index contributed by atoms with van der Waals surface area (Å²) in [4.78, 5) is 19.5. The quantitative estimate of drug-likeness (QED) is 0.588. The molecular formula is C20H23N5O3S2. The molecule has 2 atom stereocenters. The molecule has 1 N–H and O–H groups in total. The molecule has 1 fully saturated rings. The first kappa shape index (κ1) is 19.7. The highest BCUT2D eigenvalue weighted by atomic mass is 32.2. The summed E-state index contributed by atoms with van der Waals surface area (Å²) in [6, 6.07) is 5.47. The van der Waals surface area contributed by atoms with Crippen molar-refractivity contribution >= 4 is 32.9 Å². The zero-order valence-corrected chi connectivity index (χ0v) is 18.2. The summed E-state index contributed by atoms with van der Waals surface area (Å²) in [7, 11) is -3.48. The minimum absolute atomic E-state index is 0.0375. The van der Waals surface area contributed by atoms with Crippen LogP contribution in [-0.4, -0.2) is 46.4 Å². The van der Waals surface area contributed by atoms with E-state index in [2.05, 4.69) is 14.8 Å². The zero-order chi connectivity index (χ0) is 20.9. The van der Waals surface area contributed by atoms with Crippen molar-refractivity contribution in [3.63, 3.8) is 0 Å². The van der Waals surface area contributed by atoms with Crippen LogP contribution in [0.1, 0.15) is 48.7 Å². The second kappa shape index (κ2) is 7.44. The molecule has 1 saturated heterocycles. The monoisotopic (exact) mass is 445 g/mol. The summed E-state index contributed by atoms with van der Waals surface area (Å²) >= 11 is 1.18. The third-order valence-corrected chi connectivity index (χ3v) is 8.79. The Morgan fingerprint density at radius 2 is 2.23 bits per heavy atom. The number of hydrogen-bond donors (Lipinski definition) is 1. The summed E-state index contributed by atoms with van der Waals surface area (Å²) in [5, 5.41) is 6.32. The zero-order valence-electron chi connectivity index (χ0n) is 16.6. The van der Waals surface area contributed by atoms with Crippen LogP contribution >= 0.6 is 11.3 Å². The first-order chi connectivity index (χ1) is 14.4. The van der Waals surface area contributed by atoms with Crippen LogP contribution in [0.15, 0.2) is 34.0 Å². The van der Waals surface area contributed by atoms with Gasteiger partial charge in [-0.05, 0) is 37.6 Å². The maximum Gasteiger partial charge on any atom is 0.250 e. The number of fused-ring (bicyclic) bond motifs is 6. The number of carbonyl (C=O) groups is 1. The molecule has 3 aromatic heterocycles. The maximum absolute atomic E-state index is 13.0. The molecule has 5 heterocycles. The van der Waals surface area contributed by atoms with Crippen LogP contribution in [0, 0.1) is 6.92 Å². The third-order valence-electron chi connectivity index (χ3n) is 5.94. The predicted molar refractivity (Wildman–Crippen MR) is 113 cm³/mol. The van der Waals surface area contributed by atoms with E-state index >= 15 is 0 Å². The van der Waals surface area contributed by atoms with Crippen molar-refractivity contribution in [1.82, 2.24) is 24.2 Å². The van der Waals surface area contributed by atoms with Crippen LogP contribution in [0.4, 0.5) is 0 Å². The molecular weight excluding hydrogens is 422 g/mol. The topological polar surface area (TPSA) is 96.7 Å². The Labute approximate surface area is 179 Å². The van der Waals surface area contributed by atoms with Crippen LogP contribution in [0.2, 0.25) is 0 Å². The van der Waals surface area contributed by atoms with Crippen LogP contribution in [0.25, 0.3) is 5.65 Å². The number of thiophene rings is 1. The molecule has 10 heteroatoms. The summed E-state index contributed by atoms with van der Waals surface area (Å²) in [5.41, 5.74) is 4.04. The summed E-state index contributed by atoms with van der Waals surface area (Å²) < 4.78 is 29.2. The standard InChI is InChI=1S/C20H23N5O3S2/c1-13-10-18-21-12-15-16-7-6-14(11-17(15)25(18)23-13)24(16)19(26)4-2-8-22-30(27,28)20-5-3-9-29-20/h3,5,9-10,12,14,16,22H,2,4,6-8,11H2,1H3/t14-,16+/m1/s1. The molecule has 0 aliphatic carbocycles. The first-order valence-electron chi connectivity index (χ1n) is 10.1. The molecule has 0 aromatic carbocycles. The molecule has 1 amide bonds. The summed E-state index contributed by atoms with van der Waals surface area (Å²) in [6.45, 7) is 2.21. The number of nitrogens with zero attached hydrogens (tertiary/aromatic N) is 4. The number of hydrogen-bond acceptors (Lipinski definition) is 6. The number of rotatable bonds is 6. The van der Waals surface area contributed by atoms with Crippen LogP contribution in [-0.2, 0) is 21.2 Å². The number of aryl methyl sites for hydroxylation is 1. The lowest BCUT2D eigenvalue weighted by molar-refractivity contribution is -0.134. The molecule has 2 aliphatic heterocycles. The van der Waals surface area contributed by atoms with Gasteiger partial charge in [-0.2, -0.15) is 5.10 Å². The van der Waals surface area contributed by atoms with Crippen molar-refractivity contribution in [2.24, 2.45) is 0 Å². The minimum atomic E-state index is -3.48. The van der Waals surface area contributed by atoms with Crippen LogP contribution < -0.4 is 4.72 Å². The Kier molecular flexibility index (Phi) is 4.87. The molecule has 3 aromatic rings. The van der Waals surface area contributed by atoms with Gasteiger partial charge >= 0.3 is 0 Å². The fourth-order valence-electron chi connectivity index (χ4n) is 4.64. The van der Waals surface area contributed by atoms with Crippen molar-refractivity contribution in [1.29, 1.82) is 0 Å². The lowest BCUT2D eigenvalue weighted by atomic mass is 9.98. The van der Waals surface area contributed by atoms with Crippen molar-refractivity contribution in [3.05, 3.63) is 46.7 Å². The maximum atomic E-state index is 13.0. The van der Waals surface area contributed by atoms with Gasteiger partial charge in [0.2, 0.25) is 15.9 Å². The second-order valence-electron chi connectivity index (χ2n) is 7.90. The Morgan fingerprint density at radius 1 is 1.37 bits per heavy atom. The van der Waals surface area contributed by atoms with Gasteiger partial charge in [0.25, 0.3) is 0 Å². The van der Waals surface area contributed by atoms with E-state index < -0.39 is 10.0 Å². The van der Waals surface area contributed by atoms with E-state index in [4.69, 9.17) is 0 Å². The van der Waals surface area contributed by atoms with Crippen LogP contribution in [0.5, 0.6) is 0 Å². The second-order valence-corrected chi connectivity index (χ2v) is 10.8. The molecule has 5 rings (SSSR count). The molecule has 0 spiro atoms. The van der Waals surface area contributed by atoms with Gasteiger partial charge in [-0.25, -0.2) is 22.6 Å². The number of nitrogens with one attached hydrogen (secondary N) is 1. The molecule has 158 valence electrons. The average Bonchev–Trinajstić information content (AvgIpc) is 3.43. The van der Waals surface area contributed by atoms with Gasteiger partial charge in [0.15, 0.2) is 5.65 Å². The van der Waals surface area contributed by atoms with E-state index in [0.29, 0.717) is 17.1 Å². The number of carbonyl (C=O) groups excluding carboxylic acids is 1. The first-order valence-corrected chi connectivity index (χ1v) is 12.5. The van der Waals surface area contributed by atoms with Gasteiger partial charge in [-0.15, -0.1) is 11.3 Å². The number of sulfonamides is 1. The number of aromatic nitrogens is 3. The van der Waals surface area contributed by atoms with E-state index in [1.54, 1.807) is 17.5 Å². The Morgan fingerprint density at radius 3 is 3.03 bits per heavy atom. The SMILES string of the molecule is Cc1cc2ncc3c(n2n1)C[C@H]1CC[C@@H]3N1C(=O)CCCNS(=O)(=O)c1cccs1. The molecule has 0 unspecified atom stereocenters. The Balaban J connectivity index is 1.26. The molecule has 0 saturated carbocycles. The molecule has 8 nitrogen and oxygen atoms in total. The van der Waals surface area contributed by atoms with Crippen LogP contribution in [0.3, 0.4) is 0 Å². The average molecular weight is 446 g/mol. The smallest absolute Gasteiger partial charge is 0.250 e. The summed E-state index contributed by atoms with van der Waals surface area (Å²) in [6.07, 6.45) is 5.38. The Hall–Kier alpha value is -2.30. The van der Waals surface area contributed by atoms with E-state index in [-0.39, 0.29) is 24.5 Å². The summed E-state index contributed by atoms with van der Waals surface area (Å²) in [5.74, 6) is 0.0835. The van der Waals surface area contributed by atoms with Gasteiger partial charge in [0.05, 0.1) is 17.4 Å². The fraction of sp³-hybridized carbons (Fsp3) is 0.450. The number of amides is 1. The van der Waals surface area contributed by atoms with Crippen molar-refractivity contribution in [2.45, 2.75) is 55.3 Å². The lowest BCUT2D eigenvalue weighted by Gasteiger charge is -2.36. The van der Waals surface area contributed by atoms with E-state index in [1.165, 1.54) is 11.3 Å². The highest BCUT2D eigenvalue weighted by molar-refractivity contribution is 7.91. The Bertz CT molecular complexity index is 1200. The van der Waals surface area contributed by atoms with Gasteiger partial charge in [-0.3, -0.25) is 4.79 Å². The fourth-order valence-corrected chi connectivity index (χ4v) is 6.76.